The van der Waals surface area contributed by atoms with Gasteiger partial charge in [0.2, 0.25) is 5.91 Å². The molecule has 5 fully saturated rings. The van der Waals surface area contributed by atoms with Crippen molar-refractivity contribution in [3.05, 3.63) is 11.6 Å². The molecule has 6 rings (SSSR count). The van der Waals surface area contributed by atoms with E-state index in [0.29, 0.717) is 23.7 Å². The standard InChI is InChI=1S/C37H62N2O3/c1-32(2)15-17-37(31(41)38-19-8-20-39-21-23-42-24-22-39)18-16-35(6)26(27(37)25-32)9-10-29-34(5)13-12-30(40)33(3,4)28(34)11-14-36(29,35)7/h9,27-30,40H,8,10-25H2,1-7H3,(H,38,41)/t27-,28-,29?,30-,34-,35+,36+,37-/m0/s1. The van der Waals surface area contributed by atoms with E-state index < -0.39 is 0 Å². The zero-order valence-electron chi connectivity index (χ0n) is 28.1. The minimum atomic E-state index is -0.249. The Labute approximate surface area is 257 Å². The third kappa shape index (κ3) is 4.60. The molecule has 0 aromatic carbocycles. The van der Waals surface area contributed by atoms with Crippen LogP contribution in [0.5, 0.6) is 0 Å². The van der Waals surface area contributed by atoms with Gasteiger partial charge in [0.05, 0.1) is 24.7 Å². The number of allylic oxidation sites excluding steroid dienone is 2. The van der Waals surface area contributed by atoms with Crippen LogP contribution in [0.15, 0.2) is 11.6 Å². The molecule has 0 aromatic heterocycles. The third-order valence-corrected chi connectivity index (χ3v) is 15.1. The fourth-order valence-corrected chi connectivity index (χ4v) is 12.1. The van der Waals surface area contributed by atoms with Crippen LogP contribution < -0.4 is 5.32 Å². The number of carbonyl (C=O) groups excluding carboxylic acids is 1. The fourth-order valence-electron chi connectivity index (χ4n) is 12.1. The van der Waals surface area contributed by atoms with Crippen molar-refractivity contribution in [1.29, 1.82) is 0 Å². The number of ether oxygens (including phenoxy) is 1. The number of nitrogens with one attached hydrogen (secondary N) is 1. The summed E-state index contributed by atoms with van der Waals surface area (Å²) in [5.74, 6) is 1.92. The molecule has 0 radical (unpaired) electrons. The molecule has 5 nitrogen and oxygen atoms in total. The molecule has 6 aliphatic rings. The number of aliphatic hydroxyl groups excluding tert-OH is 1. The summed E-state index contributed by atoms with van der Waals surface area (Å²) in [4.78, 5) is 16.8. The Hall–Kier alpha value is -0.910. The number of fused-ring (bicyclic) bond motifs is 7. The van der Waals surface area contributed by atoms with Gasteiger partial charge in [0.25, 0.3) is 0 Å². The van der Waals surface area contributed by atoms with Crippen molar-refractivity contribution in [3.63, 3.8) is 0 Å². The van der Waals surface area contributed by atoms with Gasteiger partial charge >= 0.3 is 0 Å². The molecule has 0 spiro atoms. The van der Waals surface area contributed by atoms with E-state index in [1.807, 2.05) is 0 Å². The summed E-state index contributed by atoms with van der Waals surface area (Å²) in [7, 11) is 0. The predicted octanol–water partition coefficient (Wildman–Crippen LogP) is 6.99. The highest BCUT2D eigenvalue weighted by atomic mass is 16.5. The molecule has 1 aliphatic heterocycles. The molecule has 1 unspecified atom stereocenters. The van der Waals surface area contributed by atoms with Gasteiger partial charge in [0.1, 0.15) is 0 Å². The van der Waals surface area contributed by atoms with E-state index in [0.717, 1.165) is 97.2 Å². The molecule has 42 heavy (non-hydrogen) atoms. The number of morpholine rings is 1. The summed E-state index contributed by atoms with van der Waals surface area (Å²) < 4.78 is 5.51. The van der Waals surface area contributed by atoms with E-state index in [-0.39, 0.29) is 38.6 Å². The Kier molecular flexibility index (Phi) is 7.83. The van der Waals surface area contributed by atoms with Gasteiger partial charge in [-0.25, -0.2) is 0 Å². The molecule has 0 bridgehead atoms. The zero-order chi connectivity index (χ0) is 30.2. The van der Waals surface area contributed by atoms with Crippen LogP contribution in [0.25, 0.3) is 0 Å². The van der Waals surface area contributed by atoms with Gasteiger partial charge in [0, 0.05) is 19.6 Å². The van der Waals surface area contributed by atoms with Crippen molar-refractivity contribution in [2.75, 3.05) is 39.4 Å². The summed E-state index contributed by atoms with van der Waals surface area (Å²) in [6, 6.07) is 0. The summed E-state index contributed by atoms with van der Waals surface area (Å²) in [5, 5.41) is 14.5. The Morgan fingerprint density at radius 3 is 2.40 bits per heavy atom. The minimum Gasteiger partial charge on any atom is -0.393 e. The van der Waals surface area contributed by atoms with Crippen molar-refractivity contribution in [1.82, 2.24) is 10.2 Å². The third-order valence-electron chi connectivity index (χ3n) is 15.1. The monoisotopic (exact) mass is 582 g/mol. The maximum absolute atomic E-state index is 14.3. The van der Waals surface area contributed by atoms with Crippen LogP contribution in [0, 0.1) is 50.2 Å². The van der Waals surface area contributed by atoms with Gasteiger partial charge in [-0.15, -0.1) is 0 Å². The smallest absolute Gasteiger partial charge is 0.226 e. The first-order valence-corrected chi connectivity index (χ1v) is 17.7. The van der Waals surface area contributed by atoms with E-state index >= 15 is 0 Å². The first-order valence-electron chi connectivity index (χ1n) is 17.7. The SMILES string of the molecule is CC1(C)CC[C@]2(C(=O)NCCCN3CCOCC3)CC[C@]3(C)C(=CCC4[C@@]5(C)CC[C@H](O)C(C)(C)[C@@H]5CC[C@]43C)[C@@H]2C1. The molecule has 1 heterocycles. The second-order valence-electron chi connectivity index (χ2n) is 17.8. The van der Waals surface area contributed by atoms with Crippen LogP contribution in [0.2, 0.25) is 0 Å². The van der Waals surface area contributed by atoms with Crippen molar-refractivity contribution in [2.24, 2.45) is 50.2 Å². The second kappa shape index (κ2) is 10.6. The van der Waals surface area contributed by atoms with Crippen LogP contribution in [-0.2, 0) is 9.53 Å². The minimum absolute atomic E-state index is 0.0196. The lowest BCUT2D eigenvalue weighted by atomic mass is 9.33. The Morgan fingerprint density at radius 2 is 1.67 bits per heavy atom. The summed E-state index contributed by atoms with van der Waals surface area (Å²) >= 11 is 0. The summed E-state index contributed by atoms with van der Waals surface area (Å²) in [6.07, 6.45) is 14.7. The number of hydrogen-bond acceptors (Lipinski definition) is 4. The fraction of sp³-hybridized carbons (Fsp3) is 0.919. The molecule has 5 heteroatoms. The molecular formula is C37H62N2O3. The average molecular weight is 583 g/mol. The quantitative estimate of drug-likeness (QED) is 0.271. The first-order chi connectivity index (χ1) is 19.7. The number of hydrogen-bond donors (Lipinski definition) is 2. The van der Waals surface area contributed by atoms with Gasteiger partial charge in [-0.1, -0.05) is 60.1 Å². The lowest BCUT2D eigenvalue weighted by molar-refractivity contribution is -0.203. The molecule has 2 N–H and O–H groups in total. The van der Waals surface area contributed by atoms with Crippen molar-refractivity contribution in [3.8, 4) is 0 Å². The molecule has 4 saturated carbocycles. The Balaban J connectivity index is 1.27. The van der Waals surface area contributed by atoms with E-state index in [4.69, 9.17) is 4.74 Å². The van der Waals surface area contributed by atoms with Gasteiger partial charge < -0.3 is 15.2 Å². The molecule has 5 aliphatic carbocycles. The predicted molar refractivity (Wildman–Crippen MR) is 170 cm³/mol. The van der Waals surface area contributed by atoms with Crippen molar-refractivity contribution in [2.45, 2.75) is 125 Å². The highest BCUT2D eigenvalue weighted by Crippen LogP contribution is 2.75. The van der Waals surface area contributed by atoms with Crippen LogP contribution >= 0.6 is 0 Å². The molecule has 1 saturated heterocycles. The maximum Gasteiger partial charge on any atom is 0.226 e. The topological polar surface area (TPSA) is 61.8 Å². The van der Waals surface area contributed by atoms with Gasteiger partial charge in [-0.05, 0) is 122 Å². The lowest BCUT2D eigenvalue weighted by Gasteiger charge is -2.71. The molecular weight excluding hydrogens is 520 g/mol. The van der Waals surface area contributed by atoms with Gasteiger partial charge in [0.15, 0.2) is 0 Å². The van der Waals surface area contributed by atoms with Crippen molar-refractivity contribution >= 4 is 5.91 Å². The van der Waals surface area contributed by atoms with Crippen LogP contribution in [0.3, 0.4) is 0 Å². The van der Waals surface area contributed by atoms with E-state index in [1.54, 1.807) is 5.57 Å². The average Bonchev–Trinajstić information content (AvgIpc) is 2.94. The molecule has 1 amide bonds. The zero-order valence-corrected chi connectivity index (χ0v) is 28.1. The van der Waals surface area contributed by atoms with E-state index in [2.05, 4.69) is 64.8 Å². The normalized spacial score (nSPS) is 46.3. The van der Waals surface area contributed by atoms with Crippen LogP contribution in [0.4, 0.5) is 0 Å². The Morgan fingerprint density at radius 1 is 0.952 bits per heavy atom. The largest absolute Gasteiger partial charge is 0.393 e. The summed E-state index contributed by atoms with van der Waals surface area (Å²) in [6.45, 7) is 22.9. The number of aliphatic hydroxyl groups is 1. The van der Waals surface area contributed by atoms with E-state index in [9.17, 15) is 9.90 Å². The number of nitrogens with zero attached hydrogens (tertiary/aromatic N) is 1. The number of amides is 1. The highest BCUT2D eigenvalue weighted by Gasteiger charge is 2.69. The maximum atomic E-state index is 14.3. The van der Waals surface area contributed by atoms with Crippen LogP contribution in [0.1, 0.15) is 119 Å². The molecule has 8 atom stereocenters. The number of carbonyl (C=O) groups is 1. The van der Waals surface area contributed by atoms with Crippen molar-refractivity contribution < 1.29 is 14.6 Å². The molecule has 0 aromatic rings. The second-order valence-corrected chi connectivity index (χ2v) is 17.8. The van der Waals surface area contributed by atoms with Gasteiger partial charge in [-0.2, -0.15) is 0 Å². The first kappa shape index (κ1) is 31.1. The number of rotatable bonds is 5. The highest BCUT2D eigenvalue weighted by molar-refractivity contribution is 5.84. The lowest BCUT2D eigenvalue weighted by Crippen LogP contribution is -2.65. The van der Waals surface area contributed by atoms with Crippen LogP contribution in [-0.4, -0.2) is 61.4 Å². The Bertz CT molecular complexity index is 1080. The summed E-state index contributed by atoms with van der Waals surface area (Å²) in [5.41, 5.74) is 2.30. The van der Waals surface area contributed by atoms with E-state index in [1.165, 1.54) is 12.8 Å². The molecule has 238 valence electrons. The van der Waals surface area contributed by atoms with Gasteiger partial charge in [-0.3, -0.25) is 9.69 Å².